The summed E-state index contributed by atoms with van der Waals surface area (Å²) in [7, 11) is 4.05. The van der Waals surface area contributed by atoms with E-state index in [1.165, 1.54) is 5.69 Å². The quantitative estimate of drug-likeness (QED) is 0.736. The molecule has 5 heteroatoms. The number of imidazole rings is 1. The minimum absolute atomic E-state index is 0.543. The van der Waals surface area contributed by atoms with E-state index in [0.717, 1.165) is 16.6 Å². The predicted octanol–water partition coefficient (Wildman–Crippen LogP) is 3.91. The van der Waals surface area contributed by atoms with Crippen molar-refractivity contribution in [3.63, 3.8) is 0 Å². The molecule has 0 fully saturated rings. The van der Waals surface area contributed by atoms with Crippen molar-refractivity contribution < 1.29 is 0 Å². The number of nitrogens with zero attached hydrogens (tertiary/aromatic N) is 4. The average molecular weight is 279 g/mol. The monoisotopic (exact) mass is 279 g/mol. The van der Waals surface area contributed by atoms with E-state index in [4.69, 9.17) is 0 Å². The maximum Gasteiger partial charge on any atom is 0.247 e. The Labute approximate surface area is 123 Å². The highest BCUT2D eigenvalue weighted by molar-refractivity contribution is 5.76. The van der Waals surface area contributed by atoms with Gasteiger partial charge in [-0.15, -0.1) is 5.11 Å². The number of nitrogens with one attached hydrogen (secondary N) is 1. The lowest BCUT2D eigenvalue weighted by molar-refractivity contribution is 0.939. The molecule has 0 spiro atoms. The van der Waals surface area contributed by atoms with Crippen molar-refractivity contribution in [1.29, 1.82) is 0 Å². The first-order chi connectivity index (χ1) is 10.2. The van der Waals surface area contributed by atoms with E-state index in [-0.39, 0.29) is 0 Å². The average Bonchev–Trinajstić information content (AvgIpc) is 2.90. The highest BCUT2D eigenvalue weighted by Crippen LogP contribution is 2.17. The van der Waals surface area contributed by atoms with Crippen LogP contribution < -0.4 is 4.90 Å². The van der Waals surface area contributed by atoms with E-state index in [2.05, 4.69) is 49.4 Å². The van der Waals surface area contributed by atoms with Gasteiger partial charge in [0, 0.05) is 19.8 Å². The van der Waals surface area contributed by atoms with Crippen LogP contribution in [0.3, 0.4) is 0 Å². The van der Waals surface area contributed by atoms with E-state index in [0.29, 0.717) is 12.5 Å². The van der Waals surface area contributed by atoms with Gasteiger partial charge in [-0.2, -0.15) is 5.11 Å². The number of hydrogen-bond acceptors (Lipinski definition) is 4. The van der Waals surface area contributed by atoms with Gasteiger partial charge < -0.3 is 9.88 Å². The highest BCUT2D eigenvalue weighted by Gasteiger charge is 2.00. The van der Waals surface area contributed by atoms with Crippen LogP contribution in [0.15, 0.2) is 58.8 Å². The Morgan fingerprint density at radius 2 is 1.81 bits per heavy atom. The van der Waals surface area contributed by atoms with Crippen LogP contribution in [0.25, 0.3) is 11.0 Å². The first-order valence-corrected chi connectivity index (χ1v) is 6.81. The zero-order valence-corrected chi connectivity index (χ0v) is 12.1. The number of benzene rings is 2. The van der Waals surface area contributed by atoms with Crippen LogP contribution in [0.1, 0.15) is 5.56 Å². The summed E-state index contributed by atoms with van der Waals surface area (Å²) in [5.74, 6) is 0.543. The van der Waals surface area contributed by atoms with Crippen LogP contribution in [0.5, 0.6) is 0 Å². The standard InChI is InChI=1S/C16H17N5/c1-21(2)13-9-7-12(8-10-13)11-17-20-16-18-14-5-3-4-6-15(14)19-16/h3-10H,11H2,1-2H3,(H,18,19). The van der Waals surface area contributed by atoms with Gasteiger partial charge >= 0.3 is 0 Å². The molecular weight excluding hydrogens is 262 g/mol. The zero-order valence-electron chi connectivity index (χ0n) is 12.1. The van der Waals surface area contributed by atoms with Crippen molar-refractivity contribution in [2.45, 2.75) is 6.54 Å². The highest BCUT2D eigenvalue weighted by atomic mass is 15.2. The van der Waals surface area contributed by atoms with E-state index in [1.807, 2.05) is 38.4 Å². The smallest absolute Gasteiger partial charge is 0.247 e. The summed E-state index contributed by atoms with van der Waals surface area (Å²) in [6, 6.07) is 16.1. The van der Waals surface area contributed by atoms with Gasteiger partial charge in [-0.05, 0) is 29.8 Å². The second-order valence-corrected chi connectivity index (χ2v) is 5.04. The third kappa shape index (κ3) is 3.08. The van der Waals surface area contributed by atoms with E-state index >= 15 is 0 Å². The number of para-hydroxylation sites is 2. The summed E-state index contributed by atoms with van der Waals surface area (Å²) in [6.07, 6.45) is 0. The third-order valence-electron chi connectivity index (χ3n) is 3.25. The number of H-pyrrole nitrogens is 1. The first-order valence-electron chi connectivity index (χ1n) is 6.81. The summed E-state index contributed by atoms with van der Waals surface area (Å²) in [5, 5.41) is 8.34. The molecule has 0 unspecified atom stereocenters. The van der Waals surface area contributed by atoms with Crippen LogP contribution in [-0.2, 0) is 6.54 Å². The molecule has 1 aromatic heterocycles. The third-order valence-corrected chi connectivity index (χ3v) is 3.25. The number of azo groups is 1. The van der Waals surface area contributed by atoms with Gasteiger partial charge in [0.2, 0.25) is 5.95 Å². The Balaban J connectivity index is 1.68. The molecule has 0 amide bonds. The van der Waals surface area contributed by atoms with Crippen LogP contribution in [0, 0.1) is 0 Å². The second kappa shape index (κ2) is 5.75. The molecule has 0 saturated carbocycles. The van der Waals surface area contributed by atoms with Crippen molar-refractivity contribution in [2.24, 2.45) is 10.2 Å². The minimum Gasteiger partial charge on any atom is -0.378 e. The van der Waals surface area contributed by atoms with Crippen LogP contribution in [0.2, 0.25) is 0 Å². The number of anilines is 1. The fourth-order valence-electron chi connectivity index (χ4n) is 2.07. The number of hydrogen-bond donors (Lipinski definition) is 1. The molecule has 21 heavy (non-hydrogen) atoms. The lowest BCUT2D eigenvalue weighted by Crippen LogP contribution is -2.08. The van der Waals surface area contributed by atoms with Crippen LogP contribution in [-0.4, -0.2) is 24.1 Å². The first kappa shape index (κ1) is 13.3. The summed E-state index contributed by atoms with van der Waals surface area (Å²) < 4.78 is 0. The minimum atomic E-state index is 0.543. The second-order valence-electron chi connectivity index (χ2n) is 5.04. The lowest BCUT2D eigenvalue weighted by Gasteiger charge is -2.11. The molecule has 0 saturated heterocycles. The van der Waals surface area contributed by atoms with Gasteiger partial charge in [-0.1, -0.05) is 24.3 Å². The Morgan fingerprint density at radius 1 is 1.05 bits per heavy atom. The normalized spacial score (nSPS) is 11.3. The Kier molecular flexibility index (Phi) is 3.64. The van der Waals surface area contributed by atoms with Crippen molar-refractivity contribution in [1.82, 2.24) is 9.97 Å². The number of aromatic nitrogens is 2. The molecule has 5 nitrogen and oxygen atoms in total. The topological polar surface area (TPSA) is 56.6 Å². The predicted molar refractivity (Wildman–Crippen MR) is 85.1 cm³/mol. The Hall–Kier alpha value is -2.69. The van der Waals surface area contributed by atoms with Gasteiger partial charge in [0.25, 0.3) is 0 Å². The van der Waals surface area contributed by atoms with E-state index in [1.54, 1.807) is 0 Å². The van der Waals surface area contributed by atoms with Crippen LogP contribution in [0.4, 0.5) is 11.6 Å². The summed E-state index contributed by atoms with van der Waals surface area (Å²) >= 11 is 0. The fraction of sp³-hybridized carbons (Fsp3) is 0.188. The molecule has 1 heterocycles. The van der Waals surface area contributed by atoms with E-state index < -0.39 is 0 Å². The maximum absolute atomic E-state index is 4.36. The molecule has 0 atom stereocenters. The Morgan fingerprint density at radius 3 is 2.52 bits per heavy atom. The summed E-state index contributed by atoms with van der Waals surface area (Å²) in [4.78, 5) is 9.56. The van der Waals surface area contributed by atoms with Gasteiger partial charge in [0.15, 0.2) is 0 Å². The Bertz CT molecular complexity index is 723. The van der Waals surface area contributed by atoms with Gasteiger partial charge in [-0.25, -0.2) is 4.98 Å². The van der Waals surface area contributed by atoms with Crippen molar-refractivity contribution >= 4 is 22.7 Å². The van der Waals surface area contributed by atoms with Gasteiger partial charge in [-0.3, -0.25) is 0 Å². The molecule has 3 rings (SSSR count). The molecule has 2 aromatic carbocycles. The van der Waals surface area contributed by atoms with Gasteiger partial charge in [0.1, 0.15) is 0 Å². The molecule has 3 aromatic rings. The molecule has 1 N–H and O–H groups in total. The van der Waals surface area contributed by atoms with Crippen LogP contribution >= 0.6 is 0 Å². The summed E-state index contributed by atoms with van der Waals surface area (Å²) in [6.45, 7) is 0.546. The lowest BCUT2D eigenvalue weighted by atomic mass is 10.2. The molecule has 106 valence electrons. The van der Waals surface area contributed by atoms with Crippen molar-refractivity contribution in [3.05, 3.63) is 54.1 Å². The van der Waals surface area contributed by atoms with Crippen molar-refractivity contribution in [3.8, 4) is 0 Å². The molecule has 0 radical (unpaired) electrons. The molecule has 0 aliphatic carbocycles. The number of fused-ring (bicyclic) bond motifs is 1. The molecule has 0 aliphatic rings. The number of aromatic amines is 1. The molecule has 0 aliphatic heterocycles. The largest absolute Gasteiger partial charge is 0.378 e. The zero-order chi connectivity index (χ0) is 14.7. The molecular formula is C16H17N5. The van der Waals surface area contributed by atoms with Crippen molar-refractivity contribution in [2.75, 3.05) is 19.0 Å². The maximum atomic E-state index is 4.36. The fourth-order valence-corrected chi connectivity index (χ4v) is 2.07. The SMILES string of the molecule is CN(C)c1ccc(CN=Nc2nc3ccccc3[nH]2)cc1. The molecule has 0 bridgehead atoms. The summed E-state index contributed by atoms with van der Waals surface area (Å²) in [5.41, 5.74) is 4.18. The van der Waals surface area contributed by atoms with Gasteiger partial charge in [0.05, 0.1) is 17.6 Å². The number of rotatable bonds is 4. The van der Waals surface area contributed by atoms with E-state index in [9.17, 15) is 0 Å².